The van der Waals surface area contributed by atoms with Crippen LogP contribution in [0.15, 0.2) is 0 Å². The third-order valence-electron chi connectivity index (χ3n) is 8.14. The Morgan fingerprint density at radius 1 is 1.10 bits per heavy atom. The highest BCUT2D eigenvalue weighted by molar-refractivity contribution is 5.82. The zero-order chi connectivity index (χ0) is 14.8. The fourth-order valence-electron chi connectivity index (χ4n) is 7.16. The Hall–Kier alpha value is -0.370. The molecule has 0 bridgehead atoms. The molecular weight excluding hydrogens is 258 g/mol. The number of hydrogen-bond donors (Lipinski definition) is 0. The number of rotatable bonds is 0. The molecule has 1 heterocycles. The summed E-state index contributed by atoms with van der Waals surface area (Å²) in [4.78, 5) is 14.7. The van der Waals surface area contributed by atoms with Gasteiger partial charge >= 0.3 is 0 Å². The van der Waals surface area contributed by atoms with E-state index in [2.05, 4.69) is 25.8 Å². The molecule has 0 amide bonds. The van der Waals surface area contributed by atoms with Crippen molar-refractivity contribution in [1.29, 1.82) is 0 Å². The predicted octanol–water partition coefficient (Wildman–Crippen LogP) is 3.89. The molecule has 0 spiro atoms. The molecule has 118 valence electrons. The smallest absolute Gasteiger partial charge is 0.133 e. The minimum absolute atomic E-state index is 0.349. The van der Waals surface area contributed by atoms with Gasteiger partial charge in [0.15, 0.2) is 0 Å². The third-order valence-corrected chi connectivity index (χ3v) is 8.14. The number of carbonyl (C=O) groups is 1. The van der Waals surface area contributed by atoms with Gasteiger partial charge in [-0.25, -0.2) is 0 Å². The van der Waals surface area contributed by atoms with Gasteiger partial charge in [0.2, 0.25) is 0 Å². The SMILES string of the molecule is CN1CCC[C@]2(C)C3CC[C@]4(C)CC(=O)CC4C3CCC12. The van der Waals surface area contributed by atoms with E-state index in [1.54, 1.807) is 0 Å². The molecule has 0 N–H and O–H groups in total. The van der Waals surface area contributed by atoms with E-state index >= 15 is 0 Å². The highest BCUT2D eigenvalue weighted by Crippen LogP contribution is 2.63. The quantitative estimate of drug-likeness (QED) is 0.674. The van der Waals surface area contributed by atoms with Crippen molar-refractivity contribution in [2.24, 2.45) is 28.6 Å². The third kappa shape index (κ3) is 1.90. The van der Waals surface area contributed by atoms with Crippen LogP contribution in [0.3, 0.4) is 0 Å². The maximum Gasteiger partial charge on any atom is 0.133 e. The molecule has 21 heavy (non-hydrogen) atoms. The van der Waals surface area contributed by atoms with Gasteiger partial charge in [0, 0.05) is 18.9 Å². The van der Waals surface area contributed by atoms with Crippen molar-refractivity contribution in [1.82, 2.24) is 4.90 Å². The molecule has 3 aliphatic carbocycles. The molecule has 2 heteroatoms. The van der Waals surface area contributed by atoms with Gasteiger partial charge in [-0.2, -0.15) is 0 Å². The first-order chi connectivity index (χ1) is 9.94. The fourth-order valence-corrected chi connectivity index (χ4v) is 7.16. The number of hydrogen-bond acceptors (Lipinski definition) is 2. The Morgan fingerprint density at radius 3 is 2.71 bits per heavy atom. The lowest BCUT2D eigenvalue weighted by Crippen LogP contribution is -2.59. The summed E-state index contributed by atoms with van der Waals surface area (Å²) in [6.07, 6.45) is 9.99. The summed E-state index contributed by atoms with van der Waals surface area (Å²) in [5.41, 5.74) is 0.866. The van der Waals surface area contributed by atoms with E-state index in [1.807, 2.05) is 0 Å². The maximum atomic E-state index is 12.1. The van der Waals surface area contributed by atoms with Gasteiger partial charge in [0.25, 0.3) is 0 Å². The van der Waals surface area contributed by atoms with Crippen LogP contribution in [0.25, 0.3) is 0 Å². The van der Waals surface area contributed by atoms with Crippen LogP contribution < -0.4 is 0 Å². The van der Waals surface area contributed by atoms with Crippen molar-refractivity contribution in [3.63, 3.8) is 0 Å². The van der Waals surface area contributed by atoms with Gasteiger partial charge in [-0.15, -0.1) is 0 Å². The monoisotopic (exact) mass is 289 g/mol. The molecule has 0 aromatic carbocycles. The maximum absolute atomic E-state index is 12.1. The van der Waals surface area contributed by atoms with Crippen molar-refractivity contribution in [3.8, 4) is 0 Å². The van der Waals surface area contributed by atoms with E-state index in [0.29, 0.717) is 22.5 Å². The summed E-state index contributed by atoms with van der Waals surface area (Å²) in [6, 6.07) is 0.800. The van der Waals surface area contributed by atoms with Crippen LogP contribution in [0, 0.1) is 28.6 Å². The number of fused-ring (bicyclic) bond motifs is 5. The lowest BCUT2D eigenvalue weighted by Gasteiger charge is -2.61. The van der Waals surface area contributed by atoms with Gasteiger partial charge in [-0.1, -0.05) is 13.8 Å². The zero-order valence-electron chi connectivity index (χ0n) is 14.0. The predicted molar refractivity (Wildman–Crippen MR) is 85.0 cm³/mol. The van der Waals surface area contributed by atoms with E-state index < -0.39 is 0 Å². The van der Waals surface area contributed by atoms with Crippen LogP contribution in [-0.4, -0.2) is 30.3 Å². The second-order valence-corrected chi connectivity index (χ2v) is 9.17. The molecule has 0 radical (unpaired) electrons. The van der Waals surface area contributed by atoms with Crippen LogP contribution in [0.1, 0.15) is 65.2 Å². The van der Waals surface area contributed by atoms with E-state index in [-0.39, 0.29) is 0 Å². The summed E-state index contributed by atoms with van der Waals surface area (Å²) in [6.45, 7) is 6.29. The van der Waals surface area contributed by atoms with Gasteiger partial charge in [-0.05, 0) is 80.7 Å². The topological polar surface area (TPSA) is 20.3 Å². The molecule has 4 fully saturated rings. The van der Waals surface area contributed by atoms with E-state index in [1.165, 1.54) is 45.1 Å². The number of ketones is 1. The lowest BCUT2D eigenvalue weighted by atomic mass is 9.47. The molecule has 0 aromatic rings. The van der Waals surface area contributed by atoms with Crippen molar-refractivity contribution in [3.05, 3.63) is 0 Å². The summed E-state index contributed by atoms with van der Waals surface area (Å²) in [7, 11) is 2.34. The summed E-state index contributed by atoms with van der Waals surface area (Å²) in [5.74, 6) is 2.97. The minimum atomic E-state index is 0.349. The zero-order valence-corrected chi connectivity index (χ0v) is 14.0. The largest absolute Gasteiger partial charge is 0.303 e. The minimum Gasteiger partial charge on any atom is -0.303 e. The molecule has 1 aliphatic heterocycles. The highest BCUT2D eigenvalue weighted by Gasteiger charge is 2.59. The average Bonchev–Trinajstić information content (AvgIpc) is 2.73. The molecule has 0 aromatic heterocycles. The number of piperidine rings is 1. The fraction of sp³-hybridized carbons (Fsp3) is 0.947. The van der Waals surface area contributed by atoms with E-state index in [4.69, 9.17) is 0 Å². The first-order valence-electron chi connectivity index (χ1n) is 9.16. The van der Waals surface area contributed by atoms with Gasteiger partial charge in [0.1, 0.15) is 5.78 Å². The number of likely N-dealkylation sites (tertiary alicyclic amines) is 1. The Bertz CT molecular complexity index is 460. The average molecular weight is 289 g/mol. The number of Topliss-reactive ketones (excluding diaryl/α,β-unsaturated/α-hetero) is 1. The van der Waals surface area contributed by atoms with Gasteiger partial charge < -0.3 is 4.90 Å². The Balaban J connectivity index is 1.66. The van der Waals surface area contributed by atoms with Crippen LogP contribution in [0.5, 0.6) is 0 Å². The Kier molecular flexibility index (Phi) is 3.10. The van der Waals surface area contributed by atoms with Crippen LogP contribution in [0.2, 0.25) is 0 Å². The first kappa shape index (κ1) is 14.2. The second kappa shape index (κ2) is 4.57. The van der Waals surface area contributed by atoms with Crippen molar-refractivity contribution >= 4 is 5.78 Å². The Morgan fingerprint density at radius 2 is 1.90 bits per heavy atom. The number of carbonyl (C=O) groups excluding carboxylic acids is 1. The molecule has 4 rings (SSSR count). The van der Waals surface area contributed by atoms with Crippen LogP contribution >= 0.6 is 0 Å². The van der Waals surface area contributed by atoms with Crippen LogP contribution in [-0.2, 0) is 4.79 Å². The summed E-state index contributed by atoms with van der Waals surface area (Å²) in [5, 5.41) is 0. The normalized spacial score (nSPS) is 54.0. The van der Waals surface area contributed by atoms with E-state index in [9.17, 15) is 4.79 Å². The van der Waals surface area contributed by atoms with Gasteiger partial charge in [0.05, 0.1) is 0 Å². The molecular formula is C19H31NO. The first-order valence-corrected chi connectivity index (χ1v) is 9.16. The lowest BCUT2D eigenvalue weighted by molar-refractivity contribution is -0.118. The molecule has 4 aliphatic rings. The highest BCUT2D eigenvalue weighted by atomic mass is 16.1. The van der Waals surface area contributed by atoms with Crippen molar-refractivity contribution < 1.29 is 4.79 Å². The van der Waals surface area contributed by atoms with E-state index in [0.717, 1.165) is 30.7 Å². The molecule has 3 saturated carbocycles. The van der Waals surface area contributed by atoms with Crippen LogP contribution in [0.4, 0.5) is 0 Å². The molecule has 2 nitrogen and oxygen atoms in total. The Labute approximate surface area is 129 Å². The molecule has 6 atom stereocenters. The summed E-state index contributed by atoms with van der Waals surface area (Å²) < 4.78 is 0. The van der Waals surface area contributed by atoms with Gasteiger partial charge in [-0.3, -0.25) is 4.79 Å². The second-order valence-electron chi connectivity index (χ2n) is 9.17. The number of nitrogens with zero attached hydrogens (tertiary/aromatic N) is 1. The summed E-state index contributed by atoms with van der Waals surface area (Å²) >= 11 is 0. The van der Waals surface area contributed by atoms with Crippen molar-refractivity contribution in [2.45, 2.75) is 71.3 Å². The molecule has 1 saturated heterocycles. The van der Waals surface area contributed by atoms with Crippen molar-refractivity contribution in [2.75, 3.05) is 13.6 Å². The standard InChI is InChI=1S/C19H31NO/c1-18-9-7-15-14(16(18)11-13(21)12-18)5-6-17-19(15,2)8-4-10-20(17)3/h14-17H,4-12H2,1-3H3/t14?,15?,16?,17?,18-,19-/m1/s1. The molecule has 4 unspecified atom stereocenters.